The molecule has 1 unspecified atom stereocenters. The lowest BCUT2D eigenvalue weighted by molar-refractivity contribution is -0.126. The number of amides is 2. The predicted octanol–water partition coefficient (Wildman–Crippen LogP) is 4.67. The van der Waals surface area contributed by atoms with Crippen molar-refractivity contribution < 1.29 is 18.4 Å². The zero-order valence-electron chi connectivity index (χ0n) is 18.4. The van der Waals surface area contributed by atoms with E-state index in [9.17, 15) is 18.4 Å². The van der Waals surface area contributed by atoms with Crippen LogP contribution in [-0.4, -0.2) is 39.0 Å². The highest BCUT2D eigenvalue weighted by Gasteiger charge is 2.56. The lowest BCUT2D eigenvalue weighted by Gasteiger charge is -2.29. The molecule has 1 saturated heterocycles. The van der Waals surface area contributed by atoms with Gasteiger partial charge in [0.25, 0.3) is 5.91 Å². The third kappa shape index (κ3) is 3.55. The minimum Gasteiger partial charge on any atom is -0.347 e. The molecule has 4 atom stereocenters. The van der Waals surface area contributed by atoms with Gasteiger partial charge in [0.1, 0.15) is 17.7 Å². The Kier molecular flexibility index (Phi) is 4.92. The number of aromatic amines is 1. The number of aryl methyl sites for hydroxylation is 1. The summed E-state index contributed by atoms with van der Waals surface area (Å²) >= 11 is 6.24. The molecule has 2 heterocycles. The number of fused-ring (bicyclic) bond motifs is 2. The van der Waals surface area contributed by atoms with Crippen molar-refractivity contribution in [2.45, 2.75) is 50.7 Å². The van der Waals surface area contributed by atoms with Gasteiger partial charge < -0.3 is 10.2 Å². The maximum Gasteiger partial charge on any atom is 0.257 e. The summed E-state index contributed by atoms with van der Waals surface area (Å²) in [5.41, 5.74) is 1.33. The average molecular weight is 485 g/mol. The highest BCUT2D eigenvalue weighted by Crippen LogP contribution is 2.49. The molecule has 2 saturated carbocycles. The molecule has 6 rings (SSSR count). The second kappa shape index (κ2) is 7.77. The van der Waals surface area contributed by atoms with Gasteiger partial charge in [-0.25, -0.2) is 8.78 Å². The largest absolute Gasteiger partial charge is 0.347 e. The van der Waals surface area contributed by atoms with Gasteiger partial charge in [-0.1, -0.05) is 11.6 Å². The van der Waals surface area contributed by atoms with Crippen LogP contribution in [0.1, 0.15) is 53.2 Å². The Morgan fingerprint density at radius 2 is 1.97 bits per heavy atom. The van der Waals surface area contributed by atoms with Gasteiger partial charge in [-0.05, 0) is 74.3 Å². The quantitative estimate of drug-likeness (QED) is 0.552. The Balaban J connectivity index is 1.29. The minimum absolute atomic E-state index is 0.00636. The summed E-state index contributed by atoms with van der Waals surface area (Å²) in [6.45, 7) is 1.51. The number of nitrogens with zero attached hydrogens (tertiary/aromatic N) is 2. The van der Waals surface area contributed by atoms with Crippen LogP contribution in [0.25, 0.3) is 10.9 Å². The first kappa shape index (κ1) is 21.5. The molecule has 0 spiro atoms. The van der Waals surface area contributed by atoms with Gasteiger partial charge in [-0.15, -0.1) is 0 Å². The van der Waals surface area contributed by atoms with E-state index in [0.29, 0.717) is 27.9 Å². The third-order valence-corrected chi connectivity index (χ3v) is 7.61. The van der Waals surface area contributed by atoms with E-state index in [0.717, 1.165) is 19.3 Å². The zero-order valence-corrected chi connectivity index (χ0v) is 19.2. The average Bonchev–Trinajstić information content (AvgIpc) is 3.71. The fraction of sp³-hybridized carbons (Fsp3) is 0.400. The smallest absolute Gasteiger partial charge is 0.257 e. The number of piperidine rings is 1. The van der Waals surface area contributed by atoms with E-state index < -0.39 is 23.7 Å². The molecule has 6 nitrogen and oxygen atoms in total. The molecular formula is C25H23ClF2N4O2. The van der Waals surface area contributed by atoms with E-state index in [-0.39, 0.29) is 40.8 Å². The minimum atomic E-state index is -0.673. The monoisotopic (exact) mass is 484 g/mol. The molecule has 2 amide bonds. The normalized spacial score (nSPS) is 24.2. The van der Waals surface area contributed by atoms with Gasteiger partial charge in [0.05, 0.1) is 23.3 Å². The van der Waals surface area contributed by atoms with Crippen LogP contribution in [0.15, 0.2) is 30.5 Å². The topological polar surface area (TPSA) is 78.1 Å². The van der Waals surface area contributed by atoms with Crippen LogP contribution in [0.4, 0.5) is 8.78 Å². The van der Waals surface area contributed by atoms with Gasteiger partial charge in [0, 0.05) is 22.0 Å². The van der Waals surface area contributed by atoms with Crippen LogP contribution in [-0.2, 0) is 4.79 Å². The Bertz CT molecular complexity index is 1340. The third-order valence-electron chi connectivity index (χ3n) is 7.39. The van der Waals surface area contributed by atoms with E-state index in [4.69, 9.17) is 11.6 Å². The Morgan fingerprint density at radius 3 is 2.74 bits per heavy atom. The fourth-order valence-corrected chi connectivity index (χ4v) is 5.57. The van der Waals surface area contributed by atoms with Crippen molar-refractivity contribution in [1.82, 2.24) is 20.4 Å². The van der Waals surface area contributed by atoms with Crippen molar-refractivity contribution >= 4 is 34.3 Å². The number of nitrogens with one attached hydrogen (secondary N) is 2. The van der Waals surface area contributed by atoms with Crippen molar-refractivity contribution in [3.8, 4) is 0 Å². The van der Waals surface area contributed by atoms with Crippen LogP contribution in [0, 0.1) is 30.4 Å². The number of benzene rings is 2. The molecule has 3 aliphatic rings. The van der Waals surface area contributed by atoms with Crippen LogP contribution in [0.2, 0.25) is 5.02 Å². The van der Waals surface area contributed by atoms with Crippen molar-refractivity contribution in [3.63, 3.8) is 0 Å². The molecular weight excluding hydrogens is 462 g/mol. The van der Waals surface area contributed by atoms with E-state index in [2.05, 4.69) is 15.5 Å². The molecule has 0 radical (unpaired) electrons. The van der Waals surface area contributed by atoms with Gasteiger partial charge in [-0.3, -0.25) is 14.7 Å². The Labute approximate surface area is 199 Å². The molecule has 2 aromatic carbocycles. The summed E-state index contributed by atoms with van der Waals surface area (Å²) in [5.74, 6) is -1.32. The van der Waals surface area contributed by atoms with Crippen molar-refractivity contribution in [2.24, 2.45) is 11.8 Å². The van der Waals surface area contributed by atoms with Crippen molar-refractivity contribution in [1.29, 1.82) is 0 Å². The summed E-state index contributed by atoms with van der Waals surface area (Å²) in [5, 5.41) is 11.0. The predicted molar refractivity (Wildman–Crippen MR) is 122 cm³/mol. The van der Waals surface area contributed by atoms with Crippen LogP contribution < -0.4 is 5.32 Å². The molecule has 176 valence electrons. The fourth-order valence-electron chi connectivity index (χ4n) is 5.34. The van der Waals surface area contributed by atoms with E-state index in [1.807, 2.05) is 0 Å². The number of aromatic nitrogens is 2. The SMILES string of the molecule is Cc1cc(F)c([C@H](NC(=O)[C@H]2CC3C[C@H]3N2C(=O)c2cc(Cl)cc3cn[nH]c23)C2CC2)cc1F. The number of carbonyl (C=O) groups excluding carboxylic acids is 2. The molecule has 1 aliphatic heterocycles. The van der Waals surface area contributed by atoms with Gasteiger partial charge >= 0.3 is 0 Å². The number of likely N-dealkylation sites (tertiary alicyclic amines) is 1. The lowest BCUT2D eigenvalue weighted by Crippen LogP contribution is -2.49. The Hall–Kier alpha value is -3.00. The molecule has 2 N–H and O–H groups in total. The summed E-state index contributed by atoms with van der Waals surface area (Å²) in [7, 11) is 0. The molecule has 3 aromatic rings. The second-order valence-corrected chi connectivity index (χ2v) is 10.2. The van der Waals surface area contributed by atoms with Crippen molar-refractivity contribution in [2.75, 3.05) is 0 Å². The maximum atomic E-state index is 14.7. The van der Waals surface area contributed by atoms with E-state index >= 15 is 0 Å². The highest BCUT2D eigenvalue weighted by molar-refractivity contribution is 6.32. The maximum absolute atomic E-state index is 14.7. The molecule has 3 fully saturated rings. The number of halogens is 3. The first-order valence-electron chi connectivity index (χ1n) is 11.5. The number of carbonyl (C=O) groups is 2. The standard InChI is InChI=1S/C25H23ClF2N4O2/c1-11-4-19(28)16(9-18(11)27)22(12-2-3-12)30-24(33)21-7-13-6-20(13)32(21)25(34)17-8-15(26)5-14-10-29-31-23(14)17/h4-5,8-10,12-13,20-22H,2-3,6-7H2,1H3,(H,29,31)(H,30,33)/t13?,20-,21-,22-/m1/s1. The van der Waals surface area contributed by atoms with Crippen LogP contribution in [0.3, 0.4) is 0 Å². The van der Waals surface area contributed by atoms with Crippen molar-refractivity contribution in [3.05, 3.63) is 63.8 Å². The second-order valence-electron chi connectivity index (χ2n) is 9.76. The summed E-state index contributed by atoms with van der Waals surface area (Å²) in [4.78, 5) is 28.7. The zero-order chi connectivity index (χ0) is 23.7. The molecule has 0 bridgehead atoms. The molecule has 9 heteroatoms. The van der Waals surface area contributed by atoms with Gasteiger partial charge in [0.2, 0.25) is 5.91 Å². The molecule has 2 aliphatic carbocycles. The number of hydrogen-bond acceptors (Lipinski definition) is 3. The summed E-state index contributed by atoms with van der Waals surface area (Å²) in [6, 6.07) is 4.36. The Morgan fingerprint density at radius 1 is 1.18 bits per heavy atom. The van der Waals surface area contributed by atoms with E-state index in [1.54, 1.807) is 23.2 Å². The highest BCUT2D eigenvalue weighted by atomic mass is 35.5. The molecule has 34 heavy (non-hydrogen) atoms. The number of hydrogen-bond donors (Lipinski definition) is 2. The van der Waals surface area contributed by atoms with E-state index in [1.165, 1.54) is 19.1 Å². The number of H-pyrrole nitrogens is 1. The summed E-state index contributed by atoms with van der Waals surface area (Å²) in [6.07, 6.45) is 4.67. The van der Waals surface area contributed by atoms with Crippen LogP contribution >= 0.6 is 11.6 Å². The van der Waals surface area contributed by atoms with Crippen LogP contribution in [0.5, 0.6) is 0 Å². The number of rotatable bonds is 5. The van der Waals surface area contributed by atoms with Gasteiger partial charge in [0.15, 0.2) is 0 Å². The lowest BCUT2D eigenvalue weighted by atomic mass is 9.99. The van der Waals surface area contributed by atoms with Gasteiger partial charge in [-0.2, -0.15) is 5.10 Å². The first-order valence-corrected chi connectivity index (χ1v) is 11.9. The molecule has 1 aromatic heterocycles. The summed E-state index contributed by atoms with van der Waals surface area (Å²) < 4.78 is 29.0. The first-order chi connectivity index (χ1) is 16.3.